The van der Waals surface area contributed by atoms with Gasteiger partial charge >= 0.3 is 5.97 Å². The molecule has 0 saturated carbocycles. The predicted octanol–water partition coefficient (Wildman–Crippen LogP) is 4.59. The van der Waals surface area contributed by atoms with Crippen molar-refractivity contribution in [2.75, 3.05) is 24.5 Å². The summed E-state index contributed by atoms with van der Waals surface area (Å²) in [5.41, 5.74) is 5.20. The van der Waals surface area contributed by atoms with Gasteiger partial charge in [-0.3, -0.25) is 0 Å². The van der Waals surface area contributed by atoms with E-state index in [4.69, 9.17) is 16.7 Å². The molecule has 0 atom stereocenters. The molecule has 5 heteroatoms. The van der Waals surface area contributed by atoms with Gasteiger partial charge in [0, 0.05) is 35.6 Å². The van der Waals surface area contributed by atoms with Crippen molar-refractivity contribution in [1.29, 1.82) is 0 Å². The monoisotopic (exact) mass is 384 g/mol. The fourth-order valence-electron chi connectivity index (χ4n) is 3.49. The zero-order valence-corrected chi connectivity index (χ0v) is 16.1. The van der Waals surface area contributed by atoms with Crippen LogP contribution in [0.5, 0.6) is 0 Å². The standard InChI is InChI=1S/C22H25ClN2O2/c23-19-12-11-18-10-9-17-6-1-2-7-20(17)25(21(18)16-19)15-4-3-13-24-14-5-8-22(26)27/h1-2,5-8,11-12,16,24H,3-4,9-10,13-15H2,(H,26,27)/b8-5+. The first-order valence-electron chi connectivity index (χ1n) is 9.39. The van der Waals surface area contributed by atoms with Crippen LogP contribution >= 0.6 is 11.6 Å². The summed E-state index contributed by atoms with van der Waals surface area (Å²) >= 11 is 6.29. The van der Waals surface area contributed by atoms with Gasteiger partial charge in [0.2, 0.25) is 0 Å². The number of anilines is 2. The minimum atomic E-state index is -0.908. The molecule has 142 valence electrons. The number of fused-ring (bicyclic) bond motifs is 2. The Balaban J connectivity index is 1.64. The fraction of sp³-hybridized carbons (Fsp3) is 0.318. The molecule has 2 aromatic carbocycles. The van der Waals surface area contributed by atoms with Crippen LogP contribution in [0.3, 0.4) is 0 Å². The smallest absolute Gasteiger partial charge is 0.328 e. The summed E-state index contributed by atoms with van der Waals surface area (Å²) in [6, 6.07) is 14.8. The molecule has 1 aliphatic heterocycles. The number of carbonyl (C=O) groups is 1. The normalized spacial score (nSPS) is 13.3. The van der Waals surface area contributed by atoms with E-state index in [1.807, 2.05) is 6.07 Å². The quantitative estimate of drug-likeness (QED) is 0.516. The maximum Gasteiger partial charge on any atom is 0.328 e. The Morgan fingerprint density at radius 2 is 1.89 bits per heavy atom. The summed E-state index contributed by atoms with van der Waals surface area (Å²) < 4.78 is 0. The van der Waals surface area contributed by atoms with Gasteiger partial charge in [-0.05, 0) is 61.6 Å². The molecular weight excluding hydrogens is 360 g/mol. The SMILES string of the molecule is O=C(O)/C=C/CNCCCCN1c2ccccc2CCc2ccc(Cl)cc21. The van der Waals surface area contributed by atoms with E-state index in [-0.39, 0.29) is 0 Å². The number of nitrogens with one attached hydrogen (secondary N) is 1. The molecule has 4 nitrogen and oxygen atoms in total. The third-order valence-electron chi connectivity index (χ3n) is 4.79. The lowest BCUT2D eigenvalue weighted by Crippen LogP contribution is -2.22. The summed E-state index contributed by atoms with van der Waals surface area (Å²) in [4.78, 5) is 12.8. The number of unbranched alkanes of at least 4 members (excludes halogenated alkanes) is 1. The van der Waals surface area contributed by atoms with Crippen LogP contribution in [-0.2, 0) is 17.6 Å². The van der Waals surface area contributed by atoms with E-state index in [2.05, 4.69) is 46.6 Å². The molecule has 0 aliphatic carbocycles. The van der Waals surface area contributed by atoms with Gasteiger partial charge in [0.25, 0.3) is 0 Å². The first-order chi connectivity index (χ1) is 13.1. The largest absolute Gasteiger partial charge is 0.478 e. The van der Waals surface area contributed by atoms with Crippen molar-refractivity contribution in [2.24, 2.45) is 0 Å². The van der Waals surface area contributed by atoms with Crippen molar-refractivity contribution in [3.8, 4) is 0 Å². The average molecular weight is 385 g/mol. The Morgan fingerprint density at radius 3 is 2.70 bits per heavy atom. The molecule has 27 heavy (non-hydrogen) atoms. The van der Waals surface area contributed by atoms with Crippen LogP contribution in [0.25, 0.3) is 0 Å². The topological polar surface area (TPSA) is 52.6 Å². The number of aliphatic carboxylic acids is 1. The highest BCUT2D eigenvalue weighted by molar-refractivity contribution is 6.30. The van der Waals surface area contributed by atoms with Crippen LogP contribution in [0.15, 0.2) is 54.6 Å². The minimum absolute atomic E-state index is 0.581. The number of carboxylic acids is 1. The molecular formula is C22H25ClN2O2. The number of aryl methyl sites for hydroxylation is 2. The zero-order valence-electron chi connectivity index (χ0n) is 15.3. The number of rotatable bonds is 8. The van der Waals surface area contributed by atoms with Crippen molar-refractivity contribution in [2.45, 2.75) is 25.7 Å². The van der Waals surface area contributed by atoms with Gasteiger partial charge < -0.3 is 15.3 Å². The van der Waals surface area contributed by atoms with E-state index < -0.39 is 5.97 Å². The summed E-state index contributed by atoms with van der Waals surface area (Å²) in [5.74, 6) is -0.908. The van der Waals surface area contributed by atoms with Crippen LogP contribution in [-0.4, -0.2) is 30.7 Å². The summed E-state index contributed by atoms with van der Waals surface area (Å²) in [5, 5.41) is 12.6. The second kappa shape index (κ2) is 9.58. The lowest BCUT2D eigenvalue weighted by atomic mass is 10.0. The maximum atomic E-state index is 10.4. The molecule has 0 spiro atoms. The van der Waals surface area contributed by atoms with Gasteiger partial charge in [-0.2, -0.15) is 0 Å². The number of nitrogens with zero attached hydrogens (tertiary/aromatic N) is 1. The van der Waals surface area contributed by atoms with Crippen LogP contribution < -0.4 is 10.2 Å². The molecule has 3 rings (SSSR count). The van der Waals surface area contributed by atoms with E-state index in [0.717, 1.165) is 43.8 Å². The molecule has 0 radical (unpaired) electrons. The molecule has 2 N–H and O–H groups in total. The molecule has 1 aliphatic rings. The third-order valence-corrected chi connectivity index (χ3v) is 5.03. The second-order valence-electron chi connectivity index (χ2n) is 6.71. The molecule has 0 aromatic heterocycles. The van der Waals surface area contributed by atoms with Gasteiger partial charge in [-0.25, -0.2) is 4.79 Å². The number of hydrogen-bond acceptors (Lipinski definition) is 3. The van der Waals surface area contributed by atoms with Crippen molar-refractivity contribution >= 4 is 28.9 Å². The van der Waals surface area contributed by atoms with E-state index in [0.29, 0.717) is 6.54 Å². The first kappa shape index (κ1) is 19.5. The van der Waals surface area contributed by atoms with Crippen molar-refractivity contribution in [3.05, 3.63) is 70.8 Å². The molecule has 0 fully saturated rings. The van der Waals surface area contributed by atoms with Crippen LogP contribution in [0.4, 0.5) is 11.4 Å². The van der Waals surface area contributed by atoms with Crippen LogP contribution in [0.2, 0.25) is 5.02 Å². The number of para-hydroxylation sites is 1. The van der Waals surface area contributed by atoms with E-state index in [1.54, 1.807) is 6.08 Å². The maximum absolute atomic E-state index is 10.4. The minimum Gasteiger partial charge on any atom is -0.478 e. The number of hydrogen-bond donors (Lipinski definition) is 2. The van der Waals surface area contributed by atoms with E-state index in [1.165, 1.54) is 28.6 Å². The predicted molar refractivity (Wildman–Crippen MR) is 111 cm³/mol. The van der Waals surface area contributed by atoms with Gasteiger partial charge in [-0.15, -0.1) is 0 Å². The lowest BCUT2D eigenvalue weighted by Gasteiger charge is -2.27. The Kier molecular flexibility index (Phi) is 6.91. The molecule has 0 saturated heterocycles. The summed E-state index contributed by atoms with van der Waals surface area (Å²) in [6.07, 6.45) is 6.93. The Hall–Kier alpha value is -2.30. The first-order valence-corrected chi connectivity index (χ1v) is 9.77. The molecule has 0 unspecified atom stereocenters. The molecule has 0 bridgehead atoms. The molecule has 1 heterocycles. The molecule has 0 amide bonds. The van der Waals surface area contributed by atoms with Crippen LogP contribution in [0, 0.1) is 0 Å². The summed E-state index contributed by atoms with van der Waals surface area (Å²) in [7, 11) is 0. The lowest BCUT2D eigenvalue weighted by molar-refractivity contribution is -0.131. The average Bonchev–Trinajstić information content (AvgIpc) is 2.80. The Labute approximate surface area is 165 Å². The Bertz CT molecular complexity index is 820. The van der Waals surface area contributed by atoms with Crippen LogP contribution in [0.1, 0.15) is 24.0 Å². The van der Waals surface area contributed by atoms with Gasteiger partial charge in [-0.1, -0.05) is 41.9 Å². The summed E-state index contributed by atoms with van der Waals surface area (Å²) in [6.45, 7) is 2.37. The highest BCUT2D eigenvalue weighted by atomic mass is 35.5. The van der Waals surface area contributed by atoms with Gasteiger partial charge in [0.1, 0.15) is 0 Å². The Morgan fingerprint density at radius 1 is 1.11 bits per heavy atom. The second-order valence-corrected chi connectivity index (χ2v) is 7.14. The van der Waals surface area contributed by atoms with Crippen molar-refractivity contribution < 1.29 is 9.90 Å². The van der Waals surface area contributed by atoms with Crippen molar-refractivity contribution in [3.63, 3.8) is 0 Å². The van der Waals surface area contributed by atoms with Gasteiger partial charge in [0.05, 0.1) is 0 Å². The highest BCUT2D eigenvalue weighted by Gasteiger charge is 2.20. The number of halogens is 1. The van der Waals surface area contributed by atoms with Crippen molar-refractivity contribution in [1.82, 2.24) is 5.32 Å². The molecule has 2 aromatic rings. The van der Waals surface area contributed by atoms with E-state index >= 15 is 0 Å². The number of benzene rings is 2. The van der Waals surface area contributed by atoms with E-state index in [9.17, 15) is 4.79 Å². The number of carboxylic acid groups (broad SMARTS) is 1. The fourth-order valence-corrected chi connectivity index (χ4v) is 3.66. The van der Waals surface area contributed by atoms with Gasteiger partial charge in [0.15, 0.2) is 0 Å². The highest BCUT2D eigenvalue weighted by Crippen LogP contribution is 2.37. The zero-order chi connectivity index (χ0) is 19.1. The third kappa shape index (κ3) is 5.34.